The number of aromatic carboxylic acids is 1. The molecule has 0 saturated heterocycles. The fraction of sp³-hybridized carbons (Fsp3) is 0.368. The molecule has 0 fully saturated rings. The first-order valence-corrected chi connectivity index (χ1v) is 8.77. The number of methoxy groups -OCH3 is 1. The van der Waals surface area contributed by atoms with Crippen molar-refractivity contribution in [2.75, 3.05) is 13.7 Å². The highest BCUT2D eigenvalue weighted by Crippen LogP contribution is 2.19. The van der Waals surface area contributed by atoms with E-state index in [1.165, 1.54) is 0 Å². The summed E-state index contributed by atoms with van der Waals surface area (Å²) in [5.41, 5.74) is 3.55. The second-order valence-electron chi connectivity index (χ2n) is 6.46. The highest BCUT2D eigenvalue weighted by molar-refractivity contribution is 5.87. The number of carboxylic acids is 2. The Morgan fingerprint density at radius 2 is 1.97 bits per heavy atom. The fourth-order valence-electron chi connectivity index (χ4n) is 2.81. The van der Waals surface area contributed by atoms with Gasteiger partial charge in [-0.25, -0.2) is 19.6 Å². The van der Waals surface area contributed by atoms with E-state index in [1.807, 2.05) is 12.3 Å². The van der Waals surface area contributed by atoms with Gasteiger partial charge >= 0.3 is 18.1 Å². The van der Waals surface area contributed by atoms with E-state index in [0.717, 1.165) is 42.9 Å². The van der Waals surface area contributed by atoms with Crippen LogP contribution in [0.25, 0.3) is 0 Å². The molecule has 0 bridgehead atoms. The number of benzene rings is 1. The molecule has 2 N–H and O–H groups in total. The number of aromatic nitrogens is 2. The minimum absolute atomic E-state index is 0.326. The Hall–Kier alpha value is -3.05. The number of nitrogens with zero attached hydrogens (tertiary/aromatic N) is 3. The average molecular weight is 427 g/mol. The molecule has 0 saturated carbocycles. The maximum atomic E-state index is 11.1. The lowest BCUT2D eigenvalue weighted by atomic mass is 10.1. The number of halogens is 3. The second kappa shape index (κ2) is 10.1. The van der Waals surface area contributed by atoms with Gasteiger partial charge in [0.05, 0.1) is 5.56 Å². The molecule has 0 spiro atoms. The Morgan fingerprint density at radius 3 is 2.57 bits per heavy atom. The maximum Gasteiger partial charge on any atom is 0.490 e. The number of fused-ring (bicyclic) bond motifs is 1. The van der Waals surface area contributed by atoms with Crippen molar-refractivity contribution in [1.82, 2.24) is 14.9 Å². The van der Waals surface area contributed by atoms with Gasteiger partial charge in [0.25, 0.3) is 0 Å². The van der Waals surface area contributed by atoms with Crippen LogP contribution in [0.1, 0.15) is 33.0 Å². The third-order valence-electron chi connectivity index (χ3n) is 4.16. The van der Waals surface area contributed by atoms with E-state index in [9.17, 15) is 18.0 Å². The number of aliphatic carboxylic acids is 1. The fourth-order valence-corrected chi connectivity index (χ4v) is 2.81. The molecule has 30 heavy (non-hydrogen) atoms. The van der Waals surface area contributed by atoms with Crippen LogP contribution in [0.15, 0.2) is 30.5 Å². The first-order valence-electron chi connectivity index (χ1n) is 8.77. The van der Waals surface area contributed by atoms with Gasteiger partial charge in [-0.05, 0) is 17.7 Å². The van der Waals surface area contributed by atoms with Crippen LogP contribution in [0.2, 0.25) is 0 Å². The first kappa shape index (κ1) is 23.2. The zero-order chi connectivity index (χ0) is 22.3. The van der Waals surface area contributed by atoms with Gasteiger partial charge in [-0.3, -0.25) is 4.90 Å². The maximum absolute atomic E-state index is 11.1. The van der Waals surface area contributed by atoms with Gasteiger partial charge < -0.3 is 14.9 Å². The van der Waals surface area contributed by atoms with Gasteiger partial charge in [0.1, 0.15) is 6.61 Å². The molecule has 0 radical (unpaired) electrons. The van der Waals surface area contributed by atoms with Crippen LogP contribution in [0.5, 0.6) is 0 Å². The third kappa shape index (κ3) is 6.78. The smallest absolute Gasteiger partial charge is 0.478 e. The van der Waals surface area contributed by atoms with E-state index in [2.05, 4.69) is 14.9 Å². The molecule has 0 unspecified atom stereocenters. The number of alkyl halides is 3. The molecule has 0 aliphatic carbocycles. The van der Waals surface area contributed by atoms with Crippen molar-refractivity contribution in [3.8, 4) is 0 Å². The van der Waals surface area contributed by atoms with Gasteiger partial charge in [-0.2, -0.15) is 13.2 Å². The van der Waals surface area contributed by atoms with E-state index >= 15 is 0 Å². The lowest BCUT2D eigenvalue weighted by Crippen LogP contribution is -2.31. The Labute approximate surface area is 169 Å². The molecule has 1 aromatic carbocycles. The van der Waals surface area contributed by atoms with Crippen LogP contribution in [0.4, 0.5) is 13.2 Å². The Balaban J connectivity index is 0.000000396. The highest BCUT2D eigenvalue weighted by Gasteiger charge is 2.38. The number of carboxylic acid groups (broad SMARTS) is 2. The van der Waals surface area contributed by atoms with Crippen molar-refractivity contribution in [1.29, 1.82) is 0 Å². The zero-order valence-corrected chi connectivity index (χ0v) is 16.0. The summed E-state index contributed by atoms with van der Waals surface area (Å²) in [7, 11) is 1.63. The molecule has 0 amide bonds. The van der Waals surface area contributed by atoms with E-state index in [0.29, 0.717) is 18.0 Å². The quantitative estimate of drug-likeness (QED) is 0.749. The van der Waals surface area contributed by atoms with Crippen molar-refractivity contribution in [3.05, 3.63) is 58.7 Å². The Bertz CT molecular complexity index is 905. The number of rotatable bonds is 5. The lowest BCUT2D eigenvalue weighted by Gasteiger charge is -2.28. The predicted molar refractivity (Wildman–Crippen MR) is 97.7 cm³/mol. The van der Waals surface area contributed by atoms with E-state index in [1.54, 1.807) is 25.3 Å². The van der Waals surface area contributed by atoms with Crippen LogP contribution in [-0.2, 0) is 35.6 Å². The van der Waals surface area contributed by atoms with Gasteiger partial charge in [-0.1, -0.05) is 12.1 Å². The van der Waals surface area contributed by atoms with Gasteiger partial charge in [-0.15, -0.1) is 0 Å². The van der Waals surface area contributed by atoms with Crippen LogP contribution in [0.3, 0.4) is 0 Å². The molecule has 11 heteroatoms. The summed E-state index contributed by atoms with van der Waals surface area (Å²) >= 11 is 0. The number of hydrogen-bond donors (Lipinski definition) is 2. The molecule has 1 aliphatic heterocycles. The zero-order valence-electron chi connectivity index (χ0n) is 16.0. The summed E-state index contributed by atoms with van der Waals surface area (Å²) in [5, 5.41) is 16.2. The number of hydrogen-bond acceptors (Lipinski definition) is 6. The average Bonchev–Trinajstić information content (AvgIpc) is 2.68. The topological polar surface area (TPSA) is 113 Å². The summed E-state index contributed by atoms with van der Waals surface area (Å²) < 4.78 is 36.8. The Kier molecular flexibility index (Phi) is 7.84. The molecule has 1 aliphatic rings. The van der Waals surface area contributed by atoms with E-state index < -0.39 is 18.1 Å². The molecule has 2 aromatic rings. The molecule has 8 nitrogen and oxygen atoms in total. The van der Waals surface area contributed by atoms with Gasteiger partial charge in [0.15, 0.2) is 5.82 Å². The molecule has 2 heterocycles. The SMILES string of the molecule is COCc1ncc2c(n1)CCN(Cc1cccc(C(=O)O)c1)C2.O=C(O)C(F)(F)F. The van der Waals surface area contributed by atoms with Crippen molar-refractivity contribution in [2.24, 2.45) is 0 Å². The van der Waals surface area contributed by atoms with Crippen molar-refractivity contribution >= 4 is 11.9 Å². The minimum atomic E-state index is -5.08. The Morgan fingerprint density at radius 1 is 1.27 bits per heavy atom. The standard InChI is InChI=1S/C17H19N3O3.C2HF3O2/c1-23-11-16-18-8-14-10-20(6-5-15(14)19-16)9-12-3-2-4-13(7-12)17(21)22;3-2(4,5)1(6)7/h2-4,7-8H,5-6,9-11H2,1H3,(H,21,22);(H,6,7). The van der Waals surface area contributed by atoms with Crippen LogP contribution in [0, 0.1) is 0 Å². The van der Waals surface area contributed by atoms with E-state index in [4.69, 9.17) is 19.7 Å². The largest absolute Gasteiger partial charge is 0.490 e. The highest BCUT2D eigenvalue weighted by atomic mass is 19.4. The monoisotopic (exact) mass is 427 g/mol. The molecule has 3 rings (SSSR count). The van der Waals surface area contributed by atoms with Gasteiger partial charge in [0.2, 0.25) is 0 Å². The van der Waals surface area contributed by atoms with Crippen molar-refractivity contribution in [2.45, 2.75) is 32.3 Å². The normalized spacial score (nSPS) is 13.7. The first-order chi connectivity index (χ1) is 14.1. The molecular weight excluding hydrogens is 407 g/mol. The molecular formula is C19H20F3N3O5. The van der Waals surface area contributed by atoms with Crippen molar-refractivity contribution < 1.29 is 37.7 Å². The minimum Gasteiger partial charge on any atom is -0.478 e. The van der Waals surface area contributed by atoms with Crippen LogP contribution in [-0.4, -0.2) is 56.9 Å². The van der Waals surface area contributed by atoms with Crippen molar-refractivity contribution in [3.63, 3.8) is 0 Å². The van der Waals surface area contributed by atoms with Crippen LogP contribution >= 0.6 is 0 Å². The summed E-state index contributed by atoms with van der Waals surface area (Å²) in [6.45, 7) is 2.83. The van der Waals surface area contributed by atoms with E-state index in [-0.39, 0.29) is 0 Å². The summed E-state index contributed by atoms with van der Waals surface area (Å²) in [6.07, 6.45) is -2.34. The number of ether oxygens (including phenoxy) is 1. The second-order valence-corrected chi connectivity index (χ2v) is 6.46. The third-order valence-corrected chi connectivity index (χ3v) is 4.16. The summed E-state index contributed by atoms with van der Waals surface area (Å²) in [4.78, 5) is 31.1. The van der Waals surface area contributed by atoms with Crippen LogP contribution < -0.4 is 0 Å². The summed E-state index contributed by atoms with van der Waals surface area (Å²) in [5.74, 6) is -2.93. The molecule has 1 aromatic heterocycles. The lowest BCUT2D eigenvalue weighted by molar-refractivity contribution is -0.192. The van der Waals surface area contributed by atoms with Gasteiger partial charge in [0, 0.05) is 50.6 Å². The summed E-state index contributed by atoms with van der Waals surface area (Å²) in [6, 6.07) is 7.09. The predicted octanol–water partition coefficient (Wildman–Crippen LogP) is 2.51. The number of carbonyl (C=O) groups is 2. The molecule has 0 atom stereocenters. The molecule has 162 valence electrons.